The van der Waals surface area contributed by atoms with Crippen LogP contribution in [0.15, 0.2) is 6.07 Å². The van der Waals surface area contributed by atoms with Crippen LogP contribution < -0.4 is 0 Å². The maximum atomic E-state index is 2.48. The molecule has 1 rings (SSSR count). The monoisotopic (exact) mass is 278 g/mol. The molecule has 0 N–H and O–H groups in total. The SMILES string of the molecule is BCCCCCc1cc(C(C)(C)C)sc1C(C)(C)C. The molecular weight excluding hydrogens is 247 g/mol. The minimum atomic E-state index is 0.284. The molecule has 0 fully saturated rings. The molecular formula is C17H31BS. The van der Waals surface area contributed by atoms with Crippen molar-refractivity contribution in [2.75, 3.05) is 0 Å². The first-order valence-electron chi connectivity index (χ1n) is 7.80. The molecule has 0 amide bonds. The van der Waals surface area contributed by atoms with E-state index in [9.17, 15) is 0 Å². The van der Waals surface area contributed by atoms with Crippen molar-refractivity contribution in [1.29, 1.82) is 0 Å². The van der Waals surface area contributed by atoms with Gasteiger partial charge in [0.05, 0.1) is 0 Å². The summed E-state index contributed by atoms with van der Waals surface area (Å²) in [5, 5.41) is 0. The van der Waals surface area contributed by atoms with Gasteiger partial charge in [0.1, 0.15) is 7.85 Å². The lowest BCUT2D eigenvalue weighted by Gasteiger charge is -2.19. The first kappa shape index (κ1) is 16.8. The van der Waals surface area contributed by atoms with Gasteiger partial charge in [-0.1, -0.05) is 60.7 Å². The Kier molecular flexibility index (Phi) is 5.73. The van der Waals surface area contributed by atoms with E-state index in [2.05, 4.69) is 55.5 Å². The topological polar surface area (TPSA) is 0 Å². The second-order valence-electron chi connectivity index (χ2n) is 7.78. The molecule has 0 aromatic carbocycles. The normalized spacial score (nSPS) is 12.9. The summed E-state index contributed by atoms with van der Waals surface area (Å²) in [4.78, 5) is 3.15. The lowest BCUT2D eigenvalue weighted by molar-refractivity contribution is 0.592. The van der Waals surface area contributed by atoms with Crippen molar-refractivity contribution in [1.82, 2.24) is 0 Å². The molecule has 0 aliphatic rings. The standard InChI is InChI=1S/C17H31BS/c1-16(2,3)14-12-13(10-8-7-9-11-18)15(19-14)17(4,5)6/h12H,7-11,18H2,1-6H3. The first-order chi connectivity index (χ1) is 8.66. The van der Waals surface area contributed by atoms with Crippen LogP contribution in [0.2, 0.25) is 6.32 Å². The number of aryl methyl sites for hydroxylation is 1. The van der Waals surface area contributed by atoms with Crippen LogP contribution >= 0.6 is 11.3 Å². The Balaban J connectivity index is 2.91. The number of rotatable bonds is 5. The van der Waals surface area contributed by atoms with Crippen molar-refractivity contribution < 1.29 is 0 Å². The number of unbranched alkanes of at least 4 members (excludes halogenated alkanes) is 2. The number of hydrogen-bond donors (Lipinski definition) is 0. The average Bonchev–Trinajstić information content (AvgIpc) is 2.67. The van der Waals surface area contributed by atoms with E-state index in [0.717, 1.165) is 0 Å². The van der Waals surface area contributed by atoms with Crippen molar-refractivity contribution in [3.05, 3.63) is 21.4 Å². The molecule has 0 nitrogen and oxygen atoms in total. The van der Waals surface area contributed by atoms with Crippen molar-refractivity contribution in [3.8, 4) is 0 Å². The molecule has 0 aliphatic carbocycles. The summed E-state index contributed by atoms with van der Waals surface area (Å²) >= 11 is 2.04. The smallest absolute Gasteiger partial charge is 0.101 e. The molecule has 0 saturated heterocycles. The molecule has 1 aromatic rings. The van der Waals surface area contributed by atoms with Crippen molar-refractivity contribution in [3.63, 3.8) is 0 Å². The summed E-state index contributed by atoms with van der Waals surface area (Å²) in [7, 11) is 2.28. The fraction of sp³-hybridized carbons (Fsp3) is 0.765. The summed E-state index contributed by atoms with van der Waals surface area (Å²) in [5.41, 5.74) is 2.18. The van der Waals surface area contributed by atoms with Crippen LogP contribution in [0.4, 0.5) is 0 Å². The summed E-state index contributed by atoms with van der Waals surface area (Å²) < 4.78 is 0. The van der Waals surface area contributed by atoms with Gasteiger partial charge >= 0.3 is 0 Å². The highest BCUT2D eigenvalue weighted by atomic mass is 32.1. The maximum absolute atomic E-state index is 2.48. The highest BCUT2D eigenvalue weighted by Gasteiger charge is 2.25. The third-order valence-corrected chi connectivity index (χ3v) is 5.56. The molecule has 1 heterocycles. The lowest BCUT2D eigenvalue weighted by atomic mass is 9.88. The fourth-order valence-electron chi connectivity index (χ4n) is 2.36. The van der Waals surface area contributed by atoms with Gasteiger partial charge in [0.25, 0.3) is 0 Å². The molecule has 1 aromatic heterocycles. The van der Waals surface area contributed by atoms with Crippen molar-refractivity contribution >= 4 is 19.2 Å². The van der Waals surface area contributed by atoms with Crippen molar-refractivity contribution in [2.45, 2.75) is 84.4 Å². The Labute approximate surface area is 125 Å². The second kappa shape index (κ2) is 6.48. The Hall–Kier alpha value is -0.235. The van der Waals surface area contributed by atoms with Gasteiger partial charge in [-0.25, -0.2) is 0 Å². The van der Waals surface area contributed by atoms with Crippen molar-refractivity contribution in [2.24, 2.45) is 0 Å². The largest absolute Gasteiger partial charge is 0.144 e. The molecule has 0 radical (unpaired) electrons. The summed E-state index contributed by atoms with van der Waals surface area (Å²) in [6.07, 6.45) is 6.68. The zero-order valence-electron chi connectivity index (χ0n) is 14.0. The number of hydrogen-bond acceptors (Lipinski definition) is 1. The lowest BCUT2D eigenvalue weighted by Crippen LogP contribution is -2.11. The summed E-state index contributed by atoms with van der Waals surface area (Å²) in [6, 6.07) is 2.48. The maximum Gasteiger partial charge on any atom is 0.101 e. The van der Waals surface area contributed by atoms with Crippen LogP contribution in [-0.2, 0) is 17.3 Å². The van der Waals surface area contributed by atoms with Gasteiger partial charge in [-0.2, -0.15) is 0 Å². The predicted molar refractivity (Wildman–Crippen MR) is 92.6 cm³/mol. The van der Waals surface area contributed by atoms with Crippen LogP contribution in [0, 0.1) is 0 Å². The minimum absolute atomic E-state index is 0.284. The molecule has 0 spiro atoms. The number of thiophene rings is 1. The Morgan fingerprint density at radius 2 is 1.58 bits per heavy atom. The van der Waals surface area contributed by atoms with Crippen LogP contribution in [-0.4, -0.2) is 7.85 Å². The Morgan fingerprint density at radius 1 is 0.947 bits per heavy atom. The van der Waals surface area contributed by atoms with E-state index in [1.54, 1.807) is 15.3 Å². The molecule has 0 saturated carbocycles. The van der Waals surface area contributed by atoms with Gasteiger partial charge in [-0.05, 0) is 35.3 Å². The van der Waals surface area contributed by atoms with Gasteiger partial charge < -0.3 is 0 Å². The molecule has 108 valence electrons. The molecule has 0 aliphatic heterocycles. The van der Waals surface area contributed by atoms with Gasteiger partial charge in [0, 0.05) is 9.75 Å². The van der Waals surface area contributed by atoms with E-state index < -0.39 is 0 Å². The Bertz CT molecular complexity index is 390. The van der Waals surface area contributed by atoms with Gasteiger partial charge in [-0.3, -0.25) is 0 Å². The minimum Gasteiger partial charge on any atom is -0.144 e. The van der Waals surface area contributed by atoms with E-state index in [1.807, 2.05) is 11.3 Å². The molecule has 0 atom stereocenters. The molecule has 2 heteroatoms. The summed E-state index contributed by atoms with van der Waals surface area (Å²) in [6.45, 7) is 14.0. The Morgan fingerprint density at radius 3 is 2.05 bits per heavy atom. The van der Waals surface area contributed by atoms with Crippen LogP contribution in [0.5, 0.6) is 0 Å². The quantitative estimate of drug-likeness (QED) is 0.519. The highest BCUT2D eigenvalue weighted by Crippen LogP contribution is 2.39. The van der Waals surface area contributed by atoms with E-state index in [1.165, 1.54) is 32.0 Å². The second-order valence-corrected chi connectivity index (χ2v) is 8.83. The van der Waals surface area contributed by atoms with Gasteiger partial charge in [0.15, 0.2) is 0 Å². The molecule has 0 unspecified atom stereocenters. The first-order valence-corrected chi connectivity index (χ1v) is 8.61. The molecule has 0 bridgehead atoms. The zero-order valence-corrected chi connectivity index (χ0v) is 14.8. The van der Waals surface area contributed by atoms with E-state index in [4.69, 9.17) is 0 Å². The highest BCUT2D eigenvalue weighted by molar-refractivity contribution is 7.12. The fourth-order valence-corrected chi connectivity index (χ4v) is 3.69. The van der Waals surface area contributed by atoms with Crippen LogP contribution in [0.25, 0.3) is 0 Å². The van der Waals surface area contributed by atoms with Gasteiger partial charge in [-0.15, -0.1) is 11.3 Å². The van der Waals surface area contributed by atoms with E-state index in [0.29, 0.717) is 0 Å². The predicted octanol–water partition coefficient (Wildman–Crippen LogP) is 5.11. The summed E-state index contributed by atoms with van der Waals surface area (Å²) in [5.74, 6) is 0. The van der Waals surface area contributed by atoms with Crippen LogP contribution in [0.3, 0.4) is 0 Å². The van der Waals surface area contributed by atoms with Crippen LogP contribution in [0.1, 0.15) is 76.1 Å². The third kappa shape index (κ3) is 4.98. The van der Waals surface area contributed by atoms with Gasteiger partial charge in [0.2, 0.25) is 0 Å². The van der Waals surface area contributed by atoms with E-state index >= 15 is 0 Å². The molecule has 19 heavy (non-hydrogen) atoms. The van der Waals surface area contributed by atoms with E-state index in [-0.39, 0.29) is 10.8 Å². The zero-order chi connectivity index (χ0) is 14.7. The third-order valence-electron chi connectivity index (χ3n) is 3.53. The average molecular weight is 278 g/mol.